The van der Waals surface area contributed by atoms with Crippen molar-refractivity contribution in [2.24, 2.45) is 0 Å². The Labute approximate surface area is 139 Å². The van der Waals surface area contributed by atoms with Gasteiger partial charge < -0.3 is 9.15 Å². The summed E-state index contributed by atoms with van der Waals surface area (Å²) in [6.07, 6.45) is 0.176. The minimum Gasteiger partial charge on any atom is -0.444 e. The molecule has 1 saturated heterocycles. The molecule has 1 aliphatic heterocycles. The van der Waals surface area contributed by atoms with Crippen molar-refractivity contribution in [3.05, 3.63) is 21.8 Å². The van der Waals surface area contributed by atoms with E-state index in [-0.39, 0.29) is 36.1 Å². The standard InChI is InChI=1S/C16H22N4O4/c1-8-5-20(6-9(2)23-8)7-12(21)17-16-14-13(11(4)24-16)10(3)18-19-15(14)22/h8-9H,5-7H2,1-4H3,(H,17,21)(H,19,22)/t8-,9+. The fourth-order valence-corrected chi connectivity index (χ4v) is 3.31. The molecule has 2 aromatic rings. The largest absolute Gasteiger partial charge is 0.444 e. The molecule has 0 unspecified atom stereocenters. The van der Waals surface area contributed by atoms with E-state index in [1.54, 1.807) is 13.8 Å². The Morgan fingerprint density at radius 2 is 1.96 bits per heavy atom. The molecule has 1 aliphatic rings. The zero-order valence-corrected chi connectivity index (χ0v) is 14.3. The molecule has 24 heavy (non-hydrogen) atoms. The summed E-state index contributed by atoms with van der Waals surface area (Å²) in [5.41, 5.74) is 0.276. The lowest BCUT2D eigenvalue weighted by atomic mass is 10.2. The van der Waals surface area contributed by atoms with Gasteiger partial charge in [0.15, 0.2) is 0 Å². The van der Waals surface area contributed by atoms with E-state index in [1.165, 1.54) is 0 Å². The van der Waals surface area contributed by atoms with Crippen molar-refractivity contribution >= 4 is 22.6 Å². The van der Waals surface area contributed by atoms with Crippen LogP contribution in [0, 0.1) is 13.8 Å². The molecule has 8 nitrogen and oxygen atoms in total. The van der Waals surface area contributed by atoms with Gasteiger partial charge in [-0.1, -0.05) is 0 Å². The number of carbonyl (C=O) groups is 1. The fourth-order valence-electron chi connectivity index (χ4n) is 3.31. The number of hydrogen-bond acceptors (Lipinski definition) is 6. The lowest BCUT2D eigenvalue weighted by molar-refractivity contribution is -0.121. The zero-order chi connectivity index (χ0) is 17.4. The van der Waals surface area contributed by atoms with Gasteiger partial charge in [-0.15, -0.1) is 0 Å². The molecule has 0 radical (unpaired) electrons. The van der Waals surface area contributed by atoms with E-state index < -0.39 is 0 Å². The van der Waals surface area contributed by atoms with Crippen molar-refractivity contribution in [3.63, 3.8) is 0 Å². The zero-order valence-electron chi connectivity index (χ0n) is 14.3. The maximum atomic E-state index is 12.4. The van der Waals surface area contributed by atoms with E-state index >= 15 is 0 Å². The van der Waals surface area contributed by atoms with Gasteiger partial charge in [-0.05, 0) is 27.7 Å². The number of ether oxygens (including phenoxy) is 1. The summed E-state index contributed by atoms with van der Waals surface area (Å²) >= 11 is 0. The normalized spacial score (nSPS) is 22.0. The molecule has 2 atom stereocenters. The summed E-state index contributed by atoms with van der Waals surface area (Å²) in [7, 11) is 0. The van der Waals surface area contributed by atoms with Gasteiger partial charge >= 0.3 is 0 Å². The number of morpholine rings is 1. The molecule has 1 amide bonds. The molecule has 0 aliphatic carbocycles. The molecule has 3 heterocycles. The lowest BCUT2D eigenvalue weighted by Gasteiger charge is -2.34. The number of nitrogens with one attached hydrogen (secondary N) is 2. The summed E-state index contributed by atoms with van der Waals surface area (Å²) in [5.74, 6) is 0.513. The Morgan fingerprint density at radius 1 is 1.29 bits per heavy atom. The minimum absolute atomic E-state index is 0.0878. The van der Waals surface area contributed by atoms with Gasteiger partial charge in [0.1, 0.15) is 11.1 Å². The average Bonchev–Trinajstić information content (AvgIpc) is 2.79. The number of aromatic amines is 1. The monoisotopic (exact) mass is 334 g/mol. The van der Waals surface area contributed by atoms with Crippen LogP contribution < -0.4 is 10.9 Å². The van der Waals surface area contributed by atoms with Gasteiger partial charge in [0.2, 0.25) is 11.8 Å². The first-order chi connectivity index (χ1) is 11.3. The molecule has 2 N–H and O–H groups in total. The number of aromatic nitrogens is 2. The van der Waals surface area contributed by atoms with E-state index in [2.05, 4.69) is 15.5 Å². The number of amides is 1. The van der Waals surface area contributed by atoms with Crippen LogP contribution >= 0.6 is 0 Å². The molecule has 2 aromatic heterocycles. The van der Waals surface area contributed by atoms with E-state index in [1.807, 2.05) is 18.7 Å². The van der Waals surface area contributed by atoms with Crippen molar-refractivity contribution in [2.75, 3.05) is 25.0 Å². The van der Waals surface area contributed by atoms with Crippen molar-refractivity contribution in [3.8, 4) is 0 Å². The third kappa shape index (κ3) is 3.20. The summed E-state index contributed by atoms with van der Waals surface area (Å²) in [6.45, 7) is 9.11. The second-order valence-corrected chi connectivity index (χ2v) is 6.38. The van der Waals surface area contributed by atoms with Crippen molar-refractivity contribution < 1.29 is 13.9 Å². The molecule has 0 bridgehead atoms. The van der Waals surface area contributed by atoms with Crippen LogP contribution in [-0.4, -0.2) is 52.8 Å². The van der Waals surface area contributed by atoms with Gasteiger partial charge in [0.25, 0.3) is 5.56 Å². The van der Waals surface area contributed by atoms with Crippen LogP contribution in [0.2, 0.25) is 0 Å². The number of furan rings is 1. The molecule has 3 rings (SSSR count). The number of anilines is 1. The van der Waals surface area contributed by atoms with Gasteiger partial charge in [0, 0.05) is 13.1 Å². The van der Waals surface area contributed by atoms with Crippen LogP contribution in [0.15, 0.2) is 9.21 Å². The highest BCUT2D eigenvalue weighted by Gasteiger charge is 2.25. The summed E-state index contributed by atoms with van der Waals surface area (Å²) in [5, 5.41) is 10.0. The van der Waals surface area contributed by atoms with Crippen LogP contribution in [0.3, 0.4) is 0 Å². The van der Waals surface area contributed by atoms with Crippen molar-refractivity contribution in [2.45, 2.75) is 39.9 Å². The van der Waals surface area contributed by atoms with Gasteiger partial charge in [-0.25, -0.2) is 5.10 Å². The Morgan fingerprint density at radius 3 is 2.62 bits per heavy atom. The molecule has 1 fully saturated rings. The van der Waals surface area contributed by atoms with E-state index in [0.29, 0.717) is 35.3 Å². The molecule has 0 spiro atoms. The molecule has 8 heteroatoms. The van der Waals surface area contributed by atoms with E-state index in [0.717, 1.165) is 0 Å². The number of nitrogens with zero attached hydrogens (tertiary/aromatic N) is 2. The number of hydrogen-bond donors (Lipinski definition) is 2. The minimum atomic E-state index is -0.378. The maximum Gasteiger partial charge on any atom is 0.277 e. The smallest absolute Gasteiger partial charge is 0.277 e. The Bertz CT molecular complexity index is 815. The van der Waals surface area contributed by atoms with Gasteiger partial charge in [-0.3, -0.25) is 19.8 Å². The Hall–Kier alpha value is -2.19. The second kappa shape index (κ2) is 6.37. The van der Waals surface area contributed by atoms with Crippen LogP contribution in [0.4, 0.5) is 5.88 Å². The molecule has 0 aromatic carbocycles. The SMILES string of the molecule is Cc1n[nH]c(=O)c2c(NC(=O)CN3C[C@@H](C)O[C@@H](C)C3)oc(C)c12. The first kappa shape index (κ1) is 16.7. The topological polar surface area (TPSA) is 100 Å². The van der Waals surface area contributed by atoms with Crippen molar-refractivity contribution in [1.82, 2.24) is 15.1 Å². The quantitative estimate of drug-likeness (QED) is 0.874. The van der Waals surface area contributed by atoms with Crippen LogP contribution in [0.5, 0.6) is 0 Å². The summed E-state index contributed by atoms with van der Waals surface area (Å²) in [6, 6.07) is 0. The second-order valence-electron chi connectivity index (χ2n) is 6.38. The van der Waals surface area contributed by atoms with Gasteiger partial charge in [-0.2, -0.15) is 5.10 Å². The number of aryl methyl sites for hydroxylation is 2. The average molecular weight is 334 g/mol. The number of rotatable bonds is 3. The number of fused-ring (bicyclic) bond motifs is 1. The van der Waals surface area contributed by atoms with E-state index in [4.69, 9.17) is 9.15 Å². The first-order valence-electron chi connectivity index (χ1n) is 8.01. The Balaban J connectivity index is 1.79. The van der Waals surface area contributed by atoms with Crippen LogP contribution in [0.1, 0.15) is 25.3 Å². The molecule has 0 saturated carbocycles. The molecule has 130 valence electrons. The Kier molecular flexibility index (Phi) is 4.42. The predicted molar refractivity (Wildman–Crippen MR) is 89.2 cm³/mol. The molecular weight excluding hydrogens is 312 g/mol. The first-order valence-corrected chi connectivity index (χ1v) is 8.01. The molecular formula is C16H22N4O4. The third-order valence-electron chi connectivity index (χ3n) is 4.11. The van der Waals surface area contributed by atoms with Crippen LogP contribution in [-0.2, 0) is 9.53 Å². The van der Waals surface area contributed by atoms with Gasteiger partial charge in [0.05, 0.1) is 29.8 Å². The highest BCUT2D eigenvalue weighted by Crippen LogP contribution is 2.28. The van der Waals surface area contributed by atoms with Crippen LogP contribution in [0.25, 0.3) is 10.8 Å². The number of H-pyrrole nitrogens is 1. The predicted octanol–water partition coefficient (Wildman–Crippen LogP) is 1.18. The highest BCUT2D eigenvalue weighted by atomic mass is 16.5. The lowest BCUT2D eigenvalue weighted by Crippen LogP contribution is -2.48. The highest BCUT2D eigenvalue weighted by molar-refractivity contribution is 6.01. The van der Waals surface area contributed by atoms with Crippen molar-refractivity contribution in [1.29, 1.82) is 0 Å². The summed E-state index contributed by atoms with van der Waals surface area (Å²) < 4.78 is 11.3. The maximum absolute atomic E-state index is 12.4. The van der Waals surface area contributed by atoms with E-state index in [9.17, 15) is 9.59 Å². The third-order valence-corrected chi connectivity index (χ3v) is 4.11. The summed E-state index contributed by atoms with van der Waals surface area (Å²) in [4.78, 5) is 26.5. The number of carbonyl (C=O) groups excluding carboxylic acids is 1. The fraction of sp³-hybridized carbons (Fsp3) is 0.562.